The molecular formula is C20H22ClN3O6S. The Labute approximate surface area is 188 Å². The predicted molar refractivity (Wildman–Crippen MR) is 116 cm³/mol. The Morgan fingerprint density at radius 2 is 2.00 bits per heavy atom. The third-order valence-electron chi connectivity index (χ3n) is 4.38. The number of esters is 1. The fourth-order valence-electron chi connectivity index (χ4n) is 2.59. The third-order valence-corrected chi connectivity index (χ3v) is 5.43. The Bertz CT molecular complexity index is 964. The second-order valence-electron chi connectivity index (χ2n) is 7.11. The number of nitro benzene ring substituents is 1. The van der Waals surface area contributed by atoms with Gasteiger partial charge in [0.05, 0.1) is 4.92 Å². The number of nitrogens with one attached hydrogen (secondary N) is 1. The monoisotopic (exact) mass is 467 g/mol. The van der Waals surface area contributed by atoms with Crippen LogP contribution in [0.15, 0.2) is 35.0 Å². The van der Waals surface area contributed by atoms with Crippen molar-refractivity contribution in [1.29, 1.82) is 0 Å². The summed E-state index contributed by atoms with van der Waals surface area (Å²) >= 11 is 7.28. The van der Waals surface area contributed by atoms with Gasteiger partial charge in [0.2, 0.25) is 0 Å². The Hall–Kier alpha value is -2.98. The highest BCUT2D eigenvalue weighted by Crippen LogP contribution is 2.25. The molecule has 166 valence electrons. The van der Waals surface area contributed by atoms with Crippen molar-refractivity contribution in [2.75, 3.05) is 13.7 Å². The van der Waals surface area contributed by atoms with Gasteiger partial charge < -0.3 is 15.0 Å². The van der Waals surface area contributed by atoms with Gasteiger partial charge in [-0.1, -0.05) is 25.4 Å². The molecule has 0 saturated carbocycles. The van der Waals surface area contributed by atoms with Crippen molar-refractivity contribution in [3.63, 3.8) is 0 Å². The number of nitrogens with zero attached hydrogens (tertiary/aromatic N) is 2. The number of amides is 2. The van der Waals surface area contributed by atoms with Crippen molar-refractivity contribution >= 4 is 46.4 Å². The van der Waals surface area contributed by atoms with Crippen LogP contribution >= 0.6 is 22.9 Å². The Kier molecular flexibility index (Phi) is 8.52. The van der Waals surface area contributed by atoms with Gasteiger partial charge in [0.1, 0.15) is 11.1 Å². The van der Waals surface area contributed by atoms with Crippen LogP contribution in [0.5, 0.6) is 0 Å². The third kappa shape index (κ3) is 6.76. The first-order valence-corrected chi connectivity index (χ1v) is 10.6. The lowest BCUT2D eigenvalue weighted by Crippen LogP contribution is -2.46. The number of benzene rings is 1. The summed E-state index contributed by atoms with van der Waals surface area (Å²) in [6.45, 7) is 3.31. The Balaban J connectivity index is 1.99. The molecule has 9 nitrogen and oxygen atoms in total. The molecule has 1 aromatic carbocycles. The van der Waals surface area contributed by atoms with Gasteiger partial charge in [-0.3, -0.25) is 19.7 Å². The topological polar surface area (TPSA) is 119 Å². The van der Waals surface area contributed by atoms with Crippen molar-refractivity contribution < 1.29 is 24.0 Å². The maximum Gasteiger partial charge on any atom is 0.329 e. The number of nitro groups is 1. The van der Waals surface area contributed by atoms with Gasteiger partial charge in [-0.05, 0) is 40.4 Å². The van der Waals surface area contributed by atoms with Crippen LogP contribution in [0.4, 0.5) is 5.69 Å². The summed E-state index contributed by atoms with van der Waals surface area (Å²) in [5, 5.41) is 17.2. The molecule has 11 heteroatoms. The minimum atomic E-state index is -1.04. The van der Waals surface area contributed by atoms with Gasteiger partial charge in [0.25, 0.3) is 17.5 Å². The van der Waals surface area contributed by atoms with E-state index in [1.807, 2.05) is 16.8 Å². The standard InChI is InChI=1S/C20H22ClN3O6S/c1-12(2)18(22-19(26)14-4-5-15(21)16(8-14)24(28)29)20(27)30-10-17(25)23(3)9-13-6-7-31-11-13/h4-8,11-12,18H,9-10H2,1-3H3,(H,22,26)/t18-/m0/s1. The number of rotatable bonds is 9. The molecular weight excluding hydrogens is 446 g/mol. The number of hydrogen-bond acceptors (Lipinski definition) is 7. The minimum absolute atomic E-state index is 0.0267. The summed E-state index contributed by atoms with van der Waals surface area (Å²) in [6.07, 6.45) is 0. The Morgan fingerprint density at radius 3 is 2.58 bits per heavy atom. The van der Waals surface area contributed by atoms with E-state index >= 15 is 0 Å². The van der Waals surface area contributed by atoms with Gasteiger partial charge in [-0.25, -0.2) is 4.79 Å². The molecule has 1 aromatic heterocycles. The highest BCUT2D eigenvalue weighted by molar-refractivity contribution is 7.07. The molecule has 0 aliphatic carbocycles. The minimum Gasteiger partial charge on any atom is -0.454 e. The van der Waals surface area contributed by atoms with Crippen molar-refractivity contribution in [2.24, 2.45) is 5.92 Å². The highest BCUT2D eigenvalue weighted by Gasteiger charge is 2.28. The molecule has 1 atom stereocenters. The molecule has 1 heterocycles. The molecule has 31 heavy (non-hydrogen) atoms. The van der Waals surface area contributed by atoms with Crippen LogP contribution in [0, 0.1) is 16.0 Å². The van der Waals surface area contributed by atoms with Gasteiger partial charge in [0.15, 0.2) is 6.61 Å². The van der Waals surface area contributed by atoms with Gasteiger partial charge in [0, 0.05) is 25.2 Å². The van der Waals surface area contributed by atoms with Crippen LogP contribution in [-0.2, 0) is 20.9 Å². The van der Waals surface area contributed by atoms with Gasteiger partial charge >= 0.3 is 5.97 Å². The van der Waals surface area contributed by atoms with Crippen LogP contribution in [-0.4, -0.2) is 47.3 Å². The number of hydrogen-bond donors (Lipinski definition) is 1. The van der Waals surface area contributed by atoms with E-state index in [2.05, 4.69) is 5.32 Å². The second-order valence-corrected chi connectivity index (χ2v) is 8.29. The van der Waals surface area contributed by atoms with Crippen molar-refractivity contribution in [3.8, 4) is 0 Å². The summed E-state index contributed by atoms with van der Waals surface area (Å²) in [4.78, 5) is 49.0. The van der Waals surface area contributed by atoms with E-state index in [0.29, 0.717) is 6.54 Å². The molecule has 0 aliphatic heterocycles. The van der Waals surface area contributed by atoms with E-state index in [1.54, 1.807) is 20.9 Å². The summed E-state index contributed by atoms with van der Waals surface area (Å²) in [7, 11) is 1.60. The van der Waals surface area contributed by atoms with E-state index in [0.717, 1.165) is 11.6 Å². The van der Waals surface area contributed by atoms with E-state index in [-0.39, 0.29) is 22.4 Å². The van der Waals surface area contributed by atoms with E-state index in [9.17, 15) is 24.5 Å². The maximum absolute atomic E-state index is 12.5. The Morgan fingerprint density at radius 1 is 1.29 bits per heavy atom. The molecule has 2 rings (SSSR count). The van der Waals surface area contributed by atoms with Crippen LogP contribution in [0.25, 0.3) is 0 Å². The molecule has 0 aliphatic rings. The van der Waals surface area contributed by atoms with Crippen molar-refractivity contribution in [3.05, 3.63) is 61.3 Å². The lowest BCUT2D eigenvalue weighted by Gasteiger charge is -2.22. The number of carbonyl (C=O) groups excluding carboxylic acids is 3. The predicted octanol–water partition coefficient (Wildman–Crippen LogP) is 3.27. The SMILES string of the molecule is CC(C)[C@H](NC(=O)c1ccc(Cl)c([N+](=O)[O-])c1)C(=O)OCC(=O)N(C)Cc1ccsc1. The number of carbonyl (C=O) groups is 3. The molecule has 0 saturated heterocycles. The molecule has 0 spiro atoms. The van der Waals surface area contributed by atoms with Gasteiger partial charge in [-0.2, -0.15) is 11.3 Å². The molecule has 0 radical (unpaired) electrons. The zero-order chi connectivity index (χ0) is 23.1. The fourth-order valence-corrected chi connectivity index (χ4v) is 3.44. The van der Waals surface area contributed by atoms with Crippen LogP contribution in [0.2, 0.25) is 5.02 Å². The number of thiophene rings is 1. The van der Waals surface area contributed by atoms with Crippen molar-refractivity contribution in [2.45, 2.75) is 26.4 Å². The van der Waals surface area contributed by atoms with Crippen LogP contribution < -0.4 is 5.32 Å². The number of ether oxygens (including phenoxy) is 1. The first-order valence-electron chi connectivity index (χ1n) is 9.26. The zero-order valence-electron chi connectivity index (χ0n) is 17.2. The molecule has 2 aromatic rings. The molecule has 0 bridgehead atoms. The van der Waals surface area contributed by atoms with Crippen LogP contribution in [0.3, 0.4) is 0 Å². The first kappa shape index (κ1) is 24.3. The highest BCUT2D eigenvalue weighted by atomic mass is 35.5. The van der Waals surface area contributed by atoms with Gasteiger partial charge in [-0.15, -0.1) is 0 Å². The summed E-state index contributed by atoms with van der Waals surface area (Å²) in [5.74, 6) is -2.21. The number of halogens is 1. The molecule has 0 unspecified atom stereocenters. The first-order chi connectivity index (χ1) is 14.6. The van der Waals surface area contributed by atoms with Crippen LogP contribution in [0.1, 0.15) is 29.8 Å². The molecule has 1 N–H and O–H groups in total. The van der Waals surface area contributed by atoms with E-state index in [4.69, 9.17) is 16.3 Å². The fraction of sp³-hybridized carbons (Fsp3) is 0.350. The number of likely N-dealkylation sites (N-methyl/N-ethyl adjacent to an activating group) is 1. The van der Waals surface area contributed by atoms with E-state index < -0.39 is 35.1 Å². The van der Waals surface area contributed by atoms with E-state index in [1.165, 1.54) is 28.4 Å². The lowest BCUT2D eigenvalue weighted by atomic mass is 10.0. The largest absolute Gasteiger partial charge is 0.454 e. The quantitative estimate of drug-likeness (QED) is 0.343. The summed E-state index contributed by atoms with van der Waals surface area (Å²) in [6, 6.07) is 4.43. The normalized spacial score (nSPS) is 11.6. The smallest absolute Gasteiger partial charge is 0.329 e. The second kappa shape index (κ2) is 10.9. The average Bonchev–Trinajstić information content (AvgIpc) is 3.22. The molecule has 0 fully saturated rings. The summed E-state index contributed by atoms with van der Waals surface area (Å²) < 4.78 is 5.11. The van der Waals surface area contributed by atoms with Crippen molar-refractivity contribution in [1.82, 2.24) is 10.2 Å². The average molecular weight is 468 g/mol. The lowest BCUT2D eigenvalue weighted by molar-refractivity contribution is -0.384. The maximum atomic E-state index is 12.5. The molecule has 2 amide bonds. The summed E-state index contributed by atoms with van der Waals surface area (Å²) in [5.41, 5.74) is 0.523. The zero-order valence-corrected chi connectivity index (χ0v) is 18.7.